The second-order valence-corrected chi connectivity index (χ2v) is 7.21. The molecule has 1 aromatic rings. The van der Waals surface area contributed by atoms with Crippen molar-refractivity contribution in [3.05, 3.63) is 29.8 Å². The maximum absolute atomic E-state index is 12.9. The average molecular weight is 340 g/mol. The van der Waals surface area contributed by atoms with Crippen LogP contribution in [0.1, 0.15) is 38.2 Å². The number of piperidine rings is 2. The molecule has 2 aliphatic heterocycles. The summed E-state index contributed by atoms with van der Waals surface area (Å²) in [6.07, 6.45) is 2.75. The molecule has 1 unspecified atom stereocenters. The van der Waals surface area contributed by atoms with Crippen LogP contribution >= 0.6 is 0 Å². The summed E-state index contributed by atoms with van der Waals surface area (Å²) in [6, 6.07) is 9.96. The van der Waals surface area contributed by atoms with E-state index in [1.165, 1.54) is 0 Å². The SMILES string of the molecule is CC1(C(=O)N2CCC(Nc3ccccc3C#N)CC2)CCC(=O)NC1. The first kappa shape index (κ1) is 17.3. The van der Waals surface area contributed by atoms with E-state index in [0.717, 1.165) is 18.5 Å². The van der Waals surface area contributed by atoms with Gasteiger partial charge >= 0.3 is 0 Å². The molecule has 2 aliphatic rings. The molecule has 2 N–H and O–H groups in total. The molecular weight excluding hydrogens is 316 g/mol. The van der Waals surface area contributed by atoms with Crippen molar-refractivity contribution in [1.29, 1.82) is 5.26 Å². The van der Waals surface area contributed by atoms with Gasteiger partial charge in [0, 0.05) is 32.1 Å². The minimum atomic E-state index is -0.485. The van der Waals surface area contributed by atoms with Crippen LogP contribution in [0.4, 0.5) is 5.69 Å². The second-order valence-electron chi connectivity index (χ2n) is 7.21. The Bertz CT molecular complexity index is 692. The van der Waals surface area contributed by atoms with Crippen LogP contribution in [0.15, 0.2) is 24.3 Å². The van der Waals surface area contributed by atoms with Crippen LogP contribution < -0.4 is 10.6 Å². The zero-order valence-corrected chi connectivity index (χ0v) is 14.5. The lowest BCUT2D eigenvalue weighted by Gasteiger charge is -2.40. The van der Waals surface area contributed by atoms with Crippen LogP contribution in [0.25, 0.3) is 0 Å². The Hall–Kier alpha value is -2.55. The maximum atomic E-state index is 12.9. The number of rotatable bonds is 3. The molecule has 2 heterocycles. The molecule has 132 valence electrons. The van der Waals surface area contributed by atoms with E-state index < -0.39 is 5.41 Å². The number of nitrogens with one attached hydrogen (secondary N) is 2. The van der Waals surface area contributed by atoms with E-state index in [-0.39, 0.29) is 17.9 Å². The zero-order chi connectivity index (χ0) is 17.9. The van der Waals surface area contributed by atoms with Crippen molar-refractivity contribution in [3.8, 4) is 6.07 Å². The Morgan fingerprint density at radius 3 is 2.72 bits per heavy atom. The van der Waals surface area contributed by atoms with Crippen molar-refractivity contribution in [2.45, 2.75) is 38.6 Å². The highest BCUT2D eigenvalue weighted by molar-refractivity contribution is 5.86. The fraction of sp³-hybridized carbons (Fsp3) is 0.526. The summed E-state index contributed by atoms with van der Waals surface area (Å²) in [7, 11) is 0. The molecule has 0 spiro atoms. The van der Waals surface area contributed by atoms with Crippen molar-refractivity contribution < 1.29 is 9.59 Å². The number of hydrogen-bond acceptors (Lipinski definition) is 4. The largest absolute Gasteiger partial charge is 0.381 e. The van der Waals surface area contributed by atoms with E-state index in [1.807, 2.05) is 30.0 Å². The lowest BCUT2D eigenvalue weighted by atomic mass is 9.80. The zero-order valence-electron chi connectivity index (χ0n) is 14.5. The van der Waals surface area contributed by atoms with Gasteiger partial charge in [-0.25, -0.2) is 0 Å². The highest BCUT2D eigenvalue weighted by Gasteiger charge is 2.40. The van der Waals surface area contributed by atoms with Gasteiger partial charge in [0.1, 0.15) is 6.07 Å². The molecule has 0 radical (unpaired) electrons. The summed E-state index contributed by atoms with van der Waals surface area (Å²) in [5, 5.41) is 15.4. The van der Waals surface area contributed by atoms with Gasteiger partial charge in [-0.3, -0.25) is 9.59 Å². The second kappa shape index (κ2) is 7.14. The van der Waals surface area contributed by atoms with E-state index in [9.17, 15) is 14.9 Å². The number of para-hydroxylation sites is 1. The number of nitriles is 1. The third kappa shape index (κ3) is 3.76. The van der Waals surface area contributed by atoms with E-state index in [4.69, 9.17) is 0 Å². The van der Waals surface area contributed by atoms with E-state index in [0.29, 0.717) is 38.0 Å². The smallest absolute Gasteiger partial charge is 0.230 e. The Balaban J connectivity index is 1.56. The van der Waals surface area contributed by atoms with E-state index >= 15 is 0 Å². The Labute approximate surface area is 148 Å². The van der Waals surface area contributed by atoms with Crippen LogP contribution in [0.2, 0.25) is 0 Å². The van der Waals surface area contributed by atoms with Gasteiger partial charge < -0.3 is 15.5 Å². The lowest BCUT2D eigenvalue weighted by molar-refractivity contribution is -0.144. The number of hydrogen-bond donors (Lipinski definition) is 2. The van der Waals surface area contributed by atoms with Crippen molar-refractivity contribution in [1.82, 2.24) is 10.2 Å². The van der Waals surface area contributed by atoms with Gasteiger partial charge in [-0.1, -0.05) is 12.1 Å². The number of amides is 2. The Kier molecular flexibility index (Phi) is 4.93. The normalized spacial score (nSPS) is 24.3. The first-order chi connectivity index (χ1) is 12.0. The fourth-order valence-electron chi connectivity index (χ4n) is 3.58. The minimum absolute atomic E-state index is 0.0318. The molecule has 0 bridgehead atoms. The minimum Gasteiger partial charge on any atom is -0.381 e. The molecular formula is C19H24N4O2. The Morgan fingerprint density at radius 1 is 1.36 bits per heavy atom. The number of anilines is 1. The first-order valence-corrected chi connectivity index (χ1v) is 8.83. The van der Waals surface area contributed by atoms with Crippen molar-refractivity contribution in [2.75, 3.05) is 25.0 Å². The molecule has 25 heavy (non-hydrogen) atoms. The molecule has 2 amide bonds. The van der Waals surface area contributed by atoms with Gasteiger partial charge in [0.05, 0.1) is 16.7 Å². The van der Waals surface area contributed by atoms with Gasteiger partial charge in [0.2, 0.25) is 11.8 Å². The highest BCUT2D eigenvalue weighted by atomic mass is 16.2. The molecule has 2 fully saturated rings. The van der Waals surface area contributed by atoms with Crippen LogP contribution in [-0.4, -0.2) is 42.4 Å². The molecule has 2 saturated heterocycles. The topological polar surface area (TPSA) is 85.2 Å². The number of likely N-dealkylation sites (tertiary alicyclic amines) is 1. The van der Waals surface area contributed by atoms with Crippen molar-refractivity contribution in [3.63, 3.8) is 0 Å². The van der Waals surface area contributed by atoms with Crippen molar-refractivity contribution in [2.24, 2.45) is 5.41 Å². The summed E-state index contributed by atoms with van der Waals surface area (Å²) < 4.78 is 0. The predicted molar refractivity (Wildman–Crippen MR) is 94.7 cm³/mol. The Morgan fingerprint density at radius 2 is 2.08 bits per heavy atom. The van der Waals surface area contributed by atoms with E-state index in [2.05, 4.69) is 16.7 Å². The molecule has 1 aromatic carbocycles. The summed E-state index contributed by atoms with van der Waals surface area (Å²) in [4.78, 5) is 26.1. The first-order valence-electron chi connectivity index (χ1n) is 8.83. The number of carbonyl (C=O) groups is 2. The standard InChI is InChI=1S/C19H24N4O2/c1-19(9-6-17(24)21-13-19)18(25)23-10-7-15(8-11-23)22-16-5-3-2-4-14(16)12-20/h2-5,15,22H,6-11,13H2,1H3,(H,21,24). The molecule has 3 rings (SSSR count). The molecule has 1 atom stereocenters. The molecule has 0 aliphatic carbocycles. The van der Waals surface area contributed by atoms with Gasteiger partial charge in [-0.2, -0.15) is 5.26 Å². The van der Waals surface area contributed by atoms with Gasteiger partial charge in [-0.05, 0) is 38.3 Å². The van der Waals surface area contributed by atoms with Crippen LogP contribution in [0.3, 0.4) is 0 Å². The number of benzene rings is 1. The average Bonchev–Trinajstić information content (AvgIpc) is 2.65. The third-order valence-electron chi connectivity index (χ3n) is 5.29. The highest BCUT2D eigenvalue weighted by Crippen LogP contribution is 2.30. The van der Waals surface area contributed by atoms with Crippen LogP contribution in [0, 0.1) is 16.7 Å². The molecule has 6 nitrogen and oxygen atoms in total. The quantitative estimate of drug-likeness (QED) is 0.880. The molecule has 0 aromatic heterocycles. The lowest BCUT2D eigenvalue weighted by Crippen LogP contribution is -2.54. The van der Waals surface area contributed by atoms with Crippen LogP contribution in [0.5, 0.6) is 0 Å². The summed E-state index contributed by atoms with van der Waals surface area (Å²) >= 11 is 0. The number of nitrogens with zero attached hydrogens (tertiary/aromatic N) is 2. The van der Waals surface area contributed by atoms with Gasteiger partial charge in [0.25, 0.3) is 0 Å². The summed E-state index contributed by atoms with van der Waals surface area (Å²) in [5.74, 6) is 0.174. The maximum Gasteiger partial charge on any atom is 0.230 e. The summed E-state index contributed by atoms with van der Waals surface area (Å²) in [5.41, 5.74) is 1.02. The summed E-state index contributed by atoms with van der Waals surface area (Å²) in [6.45, 7) is 3.78. The van der Waals surface area contributed by atoms with Gasteiger partial charge in [-0.15, -0.1) is 0 Å². The van der Waals surface area contributed by atoms with Crippen molar-refractivity contribution >= 4 is 17.5 Å². The third-order valence-corrected chi connectivity index (χ3v) is 5.29. The monoisotopic (exact) mass is 340 g/mol. The fourth-order valence-corrected chi connectivity index (χ4v) is 3.58. The van der Waals surface area contributed by atoms with Crippen LogP contribution in [-0.2, 0) is 9.59 Å². The van der Waals surface area contributed by atoms with Gasteiger partial charge in [0.15, 0.2) is 0 Å². The molecule has 6 heteroatoms. The molecule has 0 saturated carbocycles. The number of carbonyl (C=O) groups excluding carboxylic acids is 2. The van der Waals surface area contributed by atoms with E-state index in [1.54, 1.807) is 6.07 Å². The predicted octanol–water partition coefficient (Wildman–Crippen LogP) is 1.88.